The number of nitrogens with zero attached hydrogens (tertiary/aromatic N) is 1. The maximum absolute atomic E-state index is 12.0. The predicted octanol–water partition coefficient (Wildman–Crippen LogP) is 4.46. The van der Waals surface area contributed by atoms with E-state index in [0.29, 0.717) is 11.5 Å². The fourth-order valence-electron chi connectivity index (χ4n) is 2.32. The summed E-state index contributed by atoms with van der Waals surface area (Å²) < 4.78 is 0. The van der Waals surface area contributed by atoms with Crippen molar-refractivity contribution in [1.82, 2.24) is 4.98 Å². The molecule has 0 bridgehead atoms. The fourth-order valence-corrected chi connectivity index (χ4v) is 3.02. The van der Waals surface area contributed by atoms with Crippen molar-refractivity contribution in [2.75, 3.05) is 16.4 Å². The lowest BCUT2D eigenvalue weighted by atomic mass is 10.2. The van der Waals surface area contributed by atoms with Crippen molar-refractivity contribution in [3.63, 3.8) is 0 Å². The molecule has 2 N–H and O–H groups in total. The molecule has 0 aliphatic heterocycles. The Morgan fingerprint density at radius 1 is 0.893 bits per heavy atom. The molecule has 0 atom stereocenters. The summed E-state index contributed by atoms with van der Waals surface area (Å²) in [4.78, 5) is 28.9. The maximum atomic E-state index is 12.0. The van der Waals surface area contributed by atoms with E-state index in [2.05, 4.69) is 15.6 Å². The van der Waals surface area contributed by atoms with Crippen molar-refractivity contribution in [1.29, 1.82) is 0 Å². The average molecular weight is 389 g/mol. The minimum Gasteiger partial charge on any atom is -0.323 e. The topological polar surface area (TPSA) is 71.1 Å². The monoisotopic (exact) mass is 389 g/mol. The number of benzene rings is 2. The Labute approximate surface area is 167 Å². The summed E-state index contributed by atoms with van der Waals surface area (Å²) in [5.74, 6) is 0.503. The first-order chi connectivity index (χ1) is 13.7. The second-order valence-electron chi connectivity index (χ2n) is 5.81. The van der Waals surface area contributed by atoms with Crippen LogP contribution in [0.3, 0.4) is 0 Å². The van der Waals surface area contributed by atoms with Crippen LogP contribution in [0, 0.1) is 0 Å². The molecular weight excluding hydrogens is 370 g/mol. The van der Waals surface area contributed by atoms with Crippen LogP contribution in [0.4, 0.5) is 11.5 Å². The van der Waals surface area contributed by atoms with Crippen LogP contribution >= 0.6 is 11.8 Å². The van der Waals surface area contributed by atoms with E-state index in [0.717, 1.165) is 10.5 Å². The van der Waals surface area contributed by atoms with Gasteiger partial charge in [-0.25, -0.2) is 4.98 Å². The van der Waals surface area contributed by atoms with E-state index in [1.807, 2.05) is 60.7 Å². The van der Waals surface area contributed by atoms with Crippen LogP contribution in [-0.4, -0.2) is 22.6 Å². The highest BCUT2D eigenvalue weighted by atomic mass is 32.2. The van der Waals surface area contributed by atoms with Crippen molar-refractivity contribution >= 4 is 41.2 Å². The molecule has 1 heterocycles. The summed E-state index contributed by atoms with van der Waals surface area (Å²) >= 11 is 1.42. The molecule has 2 aromatic carbocycles. The molecule has 0 radical (unpaired) electrons. The van der Waals surface area contributed by atoms with Gasteiger partial charge in [-0.2, -0.15) is 0 Å². The zero-order chi connectivity index (χ0) is 19.6. The number of amides is 2. The van der Waals surface area contributed by atoms with Gasteiger partial charge in [0.2, 0.25) is 11.8 Å². The van der Waals surface area contributed by atoms with Crippen LogP contribution in [0.15, 0.2) is 90.0 Å². The molecule has 0 fully saturated rings. The number of rotatable bonds is 7. The number of nitrogens with one attached hydrogen (secondary N) is 2. The number of aromatic nitrogens is 1. The second-order valence-corrected chi connectivity index (χ2v) is 6.86. The van der Waals surface area contributed by atoms with E-state index in [1.165, 1.54) is 17.8 Å². The van der Waals surface area contributed by atoms with Crippen molar-refractivity contribution in [3.05, 3.63) is 90.6 Å². The third-order valence-corrected chi connectivity index (χ3v) is 4.66. The molecule has 0 spiro atoms. The molecule has 0 aliphatic rings. The van der Waals surface area contributed by atoms with Crippen LogP contribution < -0.4 is 10.6 Å². The van der Waals surface area contributed by atoms with Gasteiger partial charge >= 0.3 is 0 Å². The van der Waals surface area contributed by atoms with Gasteiger partial charge in [0.15, 0.2) is 0 Å². The SMILES string of the molecule is O=C(/C=C/c1ccccc1)Nc1ccc(SCC(=O)Nc2ccccn2)cc1. The Balaban J connectivity index is 1.46. The Bertz CT molecular complexity index is 943. The van der Waals surface area contributed by atoms with Gasteiger partial charge < -0.3 is 10.6 Å². The van der Waals surface area contributed by atoms with E-state index < -0.39 is 0 Å². The Hall–Kier alpha value is -3.38. The molecular formula is C22H19N3O2S. The van der Waals surface area contributed by atoms with Gasteiger partial charge in [0, 0.05) is 22.9 Å². The third kappa shape index (κ3) is 6.41. The molecule has 0 saturated heterocycles. The number of anilines is 2. The maximum Gasteiger partial charge on any atom is 0.248 e. The molecule has 140 valence electrons. The molecule has 3 rings (SSSR count). The minimum absolute atomic E-state index is 0.118. The number of carbonyl (C=O) groups excluding carboxylic acids is 2. The fraction of sp³-hybridized carbons (Fsp3) is 0.0455. The van der Waals surface area contributed by atoms with Crippen LogP contribution in [0.1, 0.15) is 5.56 Å². The number of hydrogen-bond donors (Lipinski definition) is 2. The zero-order valence-electron chi connectivity index (χ0n) is 15.0. The van der Waals surface area contributed by atoms with Gasteiger partial charge in [0.1, 0.15) is 5.82 Å². The van der Waals surface area contributed by atoms with Crippen molar-refractivity contribution < 1.29 is 9.59 Å². The highest BCUT2D eigenvalue weighted by Gasteiger charge is 2.05. The quantitative estimate of drug-likeness (QED) is 0.462. The second kappa shape index (κ2) is 10.1. The average Bonchev–Trinajstić information content (AvgIpc) is 2.73. The predicted molar refractivity (Wildman–Crippen MR) is 114 cm³/mol. The molecule has 1 aromatic heterocycles. The van der Waals surface area contributed by atoms with E-state index in [-0.39, 0.29) is 17.6 Å². The first kappa shape index (κ1) is 19.4. The van der Waals surface area contributed by atoms with Crippen molar-refractivity contribution in [3.8, 4) is 0 Å². The first-order valence-electron chi connectivity index (χ1n) is 8.67. The molecule has 2 amide bonds. The highest BCUT2D eigenvalue weighted by Crippen LogP contribution is 2.20. The summed E-state index contributed by atoms with van der Waals surface area (Å²) in [5.41, 5.74) is 1.67. The van der Waals surface area contributed by atoms with E-state index in [1.54, 1.807) is 24.4 Å². The van der Waals surface area contributed by atoms with Crippen molar-refractivity contribution in [2.45, 2.75) is 4.90 Å². The number of hydrogen-bond acceptors (Lipinski definition) is 4. The molecule has 3 aromatic rings. The van der Waals surface area contributed by atoms with E-state index in [4.69, 9.17) is 0 Å². The van der Waals surface area contributed by atoms with Gasteiger partial charge in [-0.1, -0.05) is 36.4 Å². The van der Waals surface area contributed by atoms with Crippen molar-refractivity contribution in [2.24, 2.45) is 0 Å². The molecule has 5 nitrogen and oxygen atoms in total. The van der Waals surface area contributed by atoms with Crippen LogP contribution in [-0.2, 0) is 9.59 Å². The standard InChI is InChI=1S/C22H19N3O2S/c26-21(14-9-17-6-2-1-3-7-17)24-18-10-12-19(13-11-18)28-16-22(27)25-20-8-4-5-15-23-20/h1-15H,16H2,(H,24,26)(H,23,25,27)/b14-9+. The van der Waals surface area contributed by atoms with Crippen LogP contribution in [0.5, 0.6) is 0 Å². The molecule has 6 heteroatoms. The smallest absolute Gasteiger partial charge is 0.248 e. The highest BCUT2D eigenvalue weighted by molar-refractivity contribution is 8.00. The summed E-state index contributed by atoms with van der Waals surface area (Å²) in [6, 6.07) is 22.4. The molecule has 0 aliphatic carbocycles. The molecule has 0 saturated carbocycles. The lowest BCUT2D eigenvalue weighted by Crippen LogP contribution is -2.14. The molecule has 28 heavy (non-hydrogen) atoms. The number of thioether (sulfide) groups is 1. The lowest BCUT2D eigenvalue weighted by Gasteiger charge is -2.06. The van der Waals surface area contributed by atoms with Gasteiger partial charge in [-0.3, -0.25) is 9.59 Å². The summed E-state index contributed by atoms with van der Waals surface area (Å²) in [7, 11) is 0. The minimum atomic E-state index is -0.195. The largest absolute Gasteiger partial charge is 0.323 e. The number of pyridine rings is 1. The Morgan fingerprint density at radius 2 is 1.64 bits per heavy atom. The lowest BCUT2D eigenvalue weighted by molar-refractivity contribution is -0.114. The van der Waals surface area contributed by atoms with E-state index >= 15 is 0 Å². The summed E-state index contributed by atoms with van der Waals surface area (Å²) in [6.07, 6.45) is 4.89. The molecule has 0 unspecified atom stereocenters. The normalized spacial score (nSPS) is 10.6. The van der Waals surface area contributed by atoms with Crippen LogP contribution in [0.25, 0.3) is 6.08 Å². The van der Waals surface area contributed by atoms with Gasteiger partial charge in [0.25, 0.3) is 0 Å². The summed E-state index contributed by atoms with van der Waals surface area (Å²) in [5, 5.41) is 5.56. The van der Waals surface area contributed by atoms with Crippen LogP contribution in [0.2, 0.25) is 0 Å². The zero-order valence-corrected chi connectivity index (χ0v) is 15.9. The third-order valence-electron chi connectivity index (χ3n) is 3.65. The van der Waals surface area contributed by atoms with Gasteiger partial charge in [0.05, 0.1) is 5.75 Å². The Kier molecular flexibility index (Phi) is 6.98. The van der Waals surface area contributed by atoms with Gasteiger partial charge in [-0.15, -0.1) is 11.8 Å². The Morgan fingerprint density at radius 3 is 2.36 bits per heavy atom. The van der Waals surface area contributed by atoms with Gasteiger partial charge in [-0.05, 0) is 48.0 Å². The van der Waals surface area contributed by atoms with E-state index in [9.17, 15) is 9.59 Å². The number of carbonyl (C=O) groups is 2. The summed E-state index contributed by atoms with van der Waals surface area (Å²) in [6.45, 7) is 0. The first-order valence-corrected chi connectivity index (χ1v) is 9.65.